The van der Waals surface area contributed by atoms with E-state index < -0.39 is 24.1 Å². The minimum absolute atomic E-state index is 0.0908. The molecule has 0 heterocycles. The van der Waals surface area contributed by atoms with Crippen molar-refractivity contribution in [2.24, 2.45) is 23.5 Å². The first-order valence-electron chi connectivity index (χ1n) is 7.22. The first kappa shape index (κ1) is 17.3. The molecular formula is C14H24F3NO2. The molecule has 1 saturated carbocycles. The van der Waals surface area contributed by atoms with Crippen LogP contribution in [0.15, 0.2) is 0 Å². The minimum atomic E-state index is -4.57. The van der Waals surface area contributed by atoms with Gasteiger partial charge in [-0.2, -0.15) is 13.2 Å². The van der Waals surface area contributed by atoms with E-state index in [-0.39, 0.29) is 18.4 Å². The number of nitrogens with two attached hydrogens (primary N) is 1. The van der Waals surface area contributed by atoms with Crippen molar-refractivity contribution < 1.29 is 22.7 Å². The van der Waals surface area contributed by atoms with E-state index >= 15 is 0 Å². The number of carbonyl (C=O) groups excluding carboxylic acids is 1. The number of rotatable bonds is 5. The molecule has 20 heavy (non-hydrogen) atoms. The molecule has 1 rings (SSSR count). The zero-order valence-corrected chi connectivity index (χ0v) is 12.1. The van der Waals surface area contributed by atoms with Gasteiger partial charge in [-0.1, -0.05) is 33.1 Å². The van der Waals surface area contributed by atoms with Gasteiger partial charge in [-0.3, -0.25) is 4.79 Å². The van der Waals surface area contributed by atoms with Crippen LogP contribution in [0.5, 0.6) is 0 Å². The van der Waals surface area contributed by atoms with E-state index in [4.69, 9.17) is 10.5 Å². The Kier molecular flexibility index (Phi) is 6.30. The maximum atomic E-state index is 12.9. The third kappa shape index (κ3) is 4.96. The lowest BCUT2D eigenvalue weighted by Gasteiger charge is -2.33. The summed E-state index contributed by atoms with van der Waals surface area (Å²) in [4.78, 5) is 12.0. The second kappa shape index (κ2) is 7.29. The summed E-state index contributed by atoms with van der Waals surface area (Å²) in [6.07, 6.45) is -0.632. The van der Waals surface area contributed by atoms with Crippen molar-refractivity contribution in [2.45, 2.75) is 58.2 Å². The Hall–Kier alpha value is -0.780. The molecule has 0 radical (unpaired) electrons. The van der Waals surface area contributed by atoms with E-state index in [2.05, 4.69) is 0 Å². The average molecular weight is 295 g/mol. The highest BCUT2D eigenvalue weighted by atomic mass is 19.4. The van der Waals surface area contributed by atoms with Gasteiger partial charge < -0.3 is 10.5 Å². The molecule has 0 aromatic heterocycles. The van der Waals surface area contributed by atoms with E-state index in [1.807, 2.05) is 13.8 Å². The number of halogens is 3. The fourth-order valence-corrected chi connectivity index (χ4v) is 2.67. The summed E-state index contributed by atoms with van der Waals surface area (Å²) >= 11 is 0. The normalized spacial score (nSPS) is 20.8. The molecular weight excluding hydrogens is 271 g/mol. The third-order valence-electron chi connectivity index (χ3n) is 3.75. The largest absolute Gasteiger partial charge is 0.465 e. The lowest BCUT2D eigenvalue weighted by molar-refractivity contribution is -0.182. The highest BCUT2D eigenvalue weighted by Crippen LogP contribution is 2.36. The Morgan fingerprint density at radius 3 is 2.25 bits per heavy atom. The van der Waals surface area contributed by atoms with Crippen LogP contribution in [0.25, 0.3) is 0 Å². The molecule has 0 aliphatic heterocycles. The monoisotopic (exact) mass is 295 g/mol. The Morgan fingerprint density at radius 2 is 1.80 bits per heavy atom. The van der Waals surface area contributed by atoms with Crippen LogP contribution in [-0.2, 0) is 9.53 Å². The predicted molar refractivity (Wildman–Crippen MR) is 69.9 cm³/mol. The molecule has 0 amide bonds. The van der Waals surface area contributed by atoms with Crippen molar-refractivity contribution in [2.75, 3.05) is 6.61 Å². The van der Waals surface area contributed by atoms with E-state index in [0.717, 1.165) is 19.3 Å². The van der Waals surface area contributed by atoms with Crippen LogP contribution in [0.3, 0.4) is 0 Å². The zero-order valence-electron chi connectivity index (χ0n) is 12.1. The summed E-state index contributed by atoms with van der Waals surface area (Å²) in [5, 5.41) is 0. The minimum Gasteiger partial charge on any atom is -0.465 e. The molecule has 0 spiro atoms. The second-order valence-electron chi connectivity index (χ2n) is 6.02. The first-order valence-corrected chi connectivity index (χ1v) is 7.22. The molecule has 118 valence electrons. The van der Waals surface area contributed by atoms with Crippen molar-refractivity contribution in [3.63, 3.8) is 0 Å². The molecule has 0 aromatic rings. The van der Waals surface area contributed by atoms with Crippen LogP contribution in [0.1, 0.15) is 46.0 Å². The van der Waals surface area contributed by atoms with Crippen LogP contribution in [-0.4, -0.2) is 24.8 Å². The number of hydrogen-bond donors (Lipinski definition) is 1. The van der Waals surface area contributed by atoms with Gasteiger partial charge in [0.05, 0.1) is 12.5 Å². The molecule has 1 aliphatic carbocycles. The molecule has 0 aromatic carbocycles. The van der Waals surface area contributed by atoms with E-state index in [9.17, 15) is 18.0 Å². The fraction of sp³-hybridized carbons (Fsp3) is 0.929. The van der Waals surface area contributed by atoms with Crippen LogP contribution >= 0.6 is 0 Å². The van der Waals surface area contributed by atoms with E-state index in [1.54, 1.807) is 0 Å². The van der Waals surface area contributed by atoms with Crippen molar-refractivity contribution in [3.05, 3.63) is 0 Å². The van der Waals surface area contributed by atoms with Gasteiger partial charge in [0.15, 0.2) is 0 Å². The molecule has 3 nitrogen and oxygen atoms in total. The second-order valence-corrected chi connectivity index (χ2v) is 6.02. The summed E-state index contributed by atoms with van der Waals surface area (Å²) in [5.74, 6) is -2.29. The van der Waals surface area contributed by atoms with Crippen LogP contribution in [0.4, 0.5) is 13.2 Å². The topological polar surface area (TPSA) is 52.3 Å². The molecule has 1 aliphatic rings. The molecule has 0 unspecified atom stereocenters. The van der Waals surface area contributed by atoms with Crippen molar-refractivity contribution in [3.8, 4) is 0 Å². The molecule has 6 heteroatoms. The Bertz CT molecular complexity index is 312. The lowest BCUT2D eigenvalue weighted by Crippen LogP contribution is -2.50. The number of alkyl halides is 3. The quantitative estimate of drug-likeness (QED) is 0.792. The highest BCUT2D eigenvalue weighted by molar-refractivity contribution is 5.74. The van der Waals surface area contributed by atoms with Gasteiger partial charge in [-0.05, 0) is 24.7 Å². The zero-order chi connectivity index (χ0) is 15.3. The smallest absolute Gasteiger partial charge is 0.404 e. The van der Waals surface area contributed by atoms with Gasteiger partial charge in [0.25, 0.3) is 0 Å². The van der Waals surface area contributed by atoms with Gasteiger partial charge in [-0.25, -0.2) is 0 Å². The number of hydrogen-bond acceptors (Lipinski definition) is 3. The lowest BCUT2D eigenvalue weighted by atomic mass is 9.76. The number of esters is 1. The Balaban J connectivity index is 2.80. The van der Waals surface area contributed by atoms with Gasteiger partial charge in [0.2, 0.25) is 0 Å². The Morgan fingerprint density at radius 1 is 1.25 bits per heavy atom. The standard InChI is InChI=1S/C14H24F3NO2/c1-9(2)8-20-13(19)11(12(18)14(15,16)17)10-6-4-3-5-7-10/h9-12H,3-8,18H2,1-2H3/t11-,12-/m0/s1. The summed E-state index contributed by atoms with van der Waals surface area (Å²) in [5.41, 5.74) is 5.31. The first-order chi connectivity index (χ1) is 9.23. The van der Waals surface area contributed by atoms with Gasteiger partial charge in [-0.15, -0.1) is 0 Å². The number of ether oxygens (including phenoxy) is 1. The SMILES string of the molecule is CC(C)COC(=O)[C@@H](C1CCCCC1)[C@H](N)C(F)(F)F. The van der Waals surface area contributed by atoms with Gasteiger partial charge in [0.1, 0.15) is 6.04 Å². The molecule has 2 N–H and O–H groups in total. The maximum Gasteiger partial charge on any atom is 0.404 e. The van der Waals surface area contributed by atoms with E-state index in [1.165, 1.54) is 0 Å². The van der Waals surface area contributed by atoms with Gasteiger partial charge in [0, 0.05) is 0 Å². The average Bonchev–Trinajstić information content (AvgIpc) is 2.36. The van der Waals surface area contributed by atoms with Crippen LogP contribution in [0.2, 0.25) is 0 Å². The summed E-state index contributed by atoms with van der Waals surface area (Å²) < 4.78 is 43.7. The summed E-state index contributed by atoms with van der Waals surface area (Å²) in [6.45, 7) is 3.81. The number of carbonyl (C=O) groups is 1. The maximum absolute atomic E-state index is 12.9. The fourth-order valence-electron chi connectivity index (χ4n) is 2.67. The molecule has 0 saturated heterocycles. The predicted octanol–water partition coefficient (Wildman–Crippen LogP) is 3.27. The Labute approximate surface area is 118 Å². The molecule has 1 fully saturated rings. The van der Waals surface area contributed by atoms with Crippen molar-refractivity contribution >= 4 is 5.97 Å². The van der Waals surface area contributed by atoms with Crippen LogP contribution < -0.4 is 5.73 Å². The van der Waals surface area contributed by atoms with Gasteiger partial charge >= 0.3 is 12.1 Å². The highest BCUT2D eigenvalue weighted by Gasteiger charge is 2.48. The van der Waals surface area contributed by atoms with Crippen molar-refractivity contribution in [1.82, 2.24) is 0 Å². The van der Waals surface area contributed by atoms with Crippen molar-refractivity contribution in [1.29, 1.82) is 0 Å². The third-order valence-corrected chi connectivity index (χ3v) is 3.75. The molecule has 0 bridgehead atoms. The summed E-state index contributed by atoms with van der Waals surface area (Å²) in [7, 11) is 0. The summed E-state index contributed by atoms with van der Waals surface area (Å²) in [6, 6.07) is -2.13. The van der Waals surface area contributed by atoms with Crippen LogP contribution in [0, 0.1) is 17.8 Å². The van der Waals surface area contributed by atoms with E-state index in [0.29, 0.717) is 12.8 Å². The molecule has 2 atom stereocenters.